The second kappa shape index (κ2) is 7.81. The molecule has 2 N–H and O–H groups in total. The lowest BCUT2D eigenvalue weighted by Gasteiger charge is -2.06. The molecule has 0 bridgehead atoms. The molecule has 0 radical (unpaired) electrons. The summed E-state index contributed by atoms with van der Waals surface area (Å²) >= 11 is 1.68. The van der Waals surface area contributed by atoms with E-state index in [1.165, 1.54) is 4.88 Å². The lowest BCUT2D eigenvalue weighted by molar-refractivity contribution is 0.124. The van der Waals surface area contributed by atoms with Gasteiger partial charge in [-0.15, -0.1) is 11.3 Å². The van der Waals surface area contributed by atoms with E-state index in [9.17, 15) is 0 Å². The highest BCUT2D eigenvalue weighted by Crippen LogP contribution is 2.14. The summed E-state index contributed by atoms with van der Waals surface area (Å²) in [7, 11) is 0. The molecule has 0 amide bonds. The summed E-state index contributed by atoms with van der Waals surface area (Å²) < 4.78 is 5.75. The molecule has 1 aromatic heterocycles. The van der Waals surface area contributed by atoms with Crippen LogP contribution < -0.4 is 5.73 Å². The second-order valence-corrected chi connectivity index (χ2v) is 5.27. The summed E-state index contributed by atoms with van der Waals surface area (Å²) in [5.41, 5.74) is 10.5. The predicted octanol–water partition coefficient (Wildman–Crippen LogP) is 2.52. The number of nitrogens with zero attached hydrogens (tertiary/aromatic N) is 1. The van der Waals surface area contributed by atoms with Crippen molar-refractivity contribution >= 4 is 11.3 Å². The van der Waals surface area contributed by atoms with Crippen molar-refractivity contribution in [2.75, 3.05) is 13.2 Å². The summed E-state index contributed by atoms with van der Waals surface area (Å²) in [4.78, 5) is 5.53. The predicted molar refractivity (Wildman–Crippen MR) is 82.6 cm³/mol. The van der Waals surface area contributed by atoms with Gasteiger partial charge in [0.2, 0.25) is 0 Å². The number of hydrogen-bond acceptors (Lipinski definition) is 4. The molecule has 0 spiro atoms. The van der Waals surface area contributed by atoms with Crippen LogP contribution in [0, 0.1) is 18.8 Å². The van der Waals surface area contributed by atoms with Gasteiger partial charge >= 0.3 is 0 Å². The molecule has 4 heteroatoms. The molecule has 20 heavy (non-hydrogen) atoms. The molecule has 1 heterocycles. The van der Waals surface area contributed by atoms with Crippen LogP contribution in [0.15, 0.2) is 29.8 Å². The van der Waals surface area contributed by atoms with E-state index in [1.54, 1.807) is 11.3 Å². The van der Waals surface area contributed by atoms with E-state index in [1.807, 2.05) is 36.7 Å². The van der Waals surface area contributed by atoms with Crippen LogP contribution in [0.3, 0.4) is 0 Å². The van der Waals surface area contributed by atoms with Gasteiger partial charge in [0.05, 0.1) is 31.0 Å². The highest BCUT2D eigenvalue weighted by molar-refractivity contribution is 7.09. The lowest BCUT2D eigenvalue weighted by atomic mass is 10.1. The molecular weight excluding hydrogens is 268 g/mol. The first-order valence-corrected chi connectivity index (χ1v) is 7.42. The van der Waals surface area contributed by atoms with Gasteiger partial charge in [-0.3, -0.25) is 0 Å². The van der Waals surface area contributed by atoms with E-state index in [4.69, 9.17) is 10.5 Å². The number of rotatable bonds is 5. The van der Waals surface area contributed by atoms with Gasteiger partial charge < -0.3 is 10.5 Å². The van der Waals surface area contributed by atoms with E-state index < -0.39 is 0 Å². The van der Waals surface area contributed by atoms with Crippen molar-refractivity contribution in [2.24, 2.45) is 5.73 Å². The minimum atomic E-state index is 0.375. The number of aromatic nitrogens is 1. The maximum atomic E-state index is 5.75. The van der Waals surface area contributed by atoms with E-state index in [-0.39, 0.29) is 0 Å². The summed E-state index contributed by atoms with van der Waals surface area (Å²) in [6.07, 6.45) is 0.910. The van der Waals surface area contributed by atoms with Crippen molar-refractivity contribution in [1.82, 2.24) is 4.98 Å². The van der Waals surface area contributed by atoms with Crippen molar-refractivity contribution < 1.29 is 4.74 Å². The smallest absolute Gasteiger partial charge is 0.0797 e. The second-order valence-electron chi connectivity index (χ2n) is 4.33. The molecule has 2 rings (SSSR count). The van der Waals surface area contributed by atoms with Crippen molar-refractivity contribution in [1.29, 1.82) is 0 Å². The first-order chi connectivity index (χ1) is 9.81. The number of benzene rings is 1. The molecule has 0 atom stereocenters. The Bertz CT molecular complexity index is 610. The van der Waals surface area contributed by atoms with Gasteiger partial charge in [0.15, 0.2) is 0 Å². The van der Waals surface area contributed by atoms with Crippen LogP contribution in [0.4, 0.5) is 0 Å². The normalized spacial score (nSPS) is 10.1. The molecule has 0 unspecified atom stereocenters. The number of ether oxygens (including phenoxy) is 1. The van der Waals surface area contributed by atoms with Crippen molar-refractivity contribution in [2.45, 2.75) is 20.0 Å². The Balaban J connectivity index is 1.86. The zero-order valence-corrected chi connectivity index (χ0v) is 12.4. The van der Waals surface area contributed by atoms with Gasteiger partial charge in [-0.25, -0.2) is 4.98 Å². The Morgan fingerprint density at radius 3 is 2.95 bits per heavy atom. The molecule has 0 aliphatic heterocycles. The molecule has 2 aromatic rings. The van der Waals surface area contributed by atoms with E-state index >= 15 is 0 Å². The third-order valence-electron chi connectivity index (χ3n) is 2.92. The van der Waals surface area contributed by atoms with Gasteiger partial charge in [0.25, 0.3) is 0 Å². The summed E-state index contributed by atoms with van der Waals surface area (Å²) in [6, 6.07) is 8.01. The fourth-order valence-electron chi connectivity index (χ4n) is 1.83. The van der Waals surface area contributed by atoms with Crippen molar-refractivity contribution in [3.63, 3.8) is 0 Å². The summed E-state index contributed by atoms with van der Waals surface area (Å²) in [6.45, 7) is 3.68. The molecule has 104 valence electrons. The van der Waals surface area contributed by atoms with Crippen LogP contribution in [0.1, 0.15) is 21.7 Å². The van der Waals surface area contributed by atoms with Gasteiger partial charge in [-0.05, 0) is 18.6 Å². The van der Waals surface area contributed by atoms with Crippen molar-refractivity contribution in [3.8, 4) is 11.8 Å². The zero-order chi connectivity index (χ0) is 14.2. The lowest BCUT2D eigenvalue weighted by Crippen LogP contribution is -2.01. The van der Waals surface area contributed by atoms with Crippen molar-refractivity contribution in [3.05, 3.63) is 51.5 Å². The van der Waals surface area contributed by atoms with Gasteiger partial charge in [0, 0.05) is 16.9 Å². The van der Waals surface area contributed by atoms with E-state index in [0.29, 0.717) is 19.8 Å². The number of hydrogen-bond donors (Lipinski definition) is 1. The Hall–Kier alpha value is -1.67. The van der Waals surface area contributed by atoms with Crippen LogP contribution in [0.5, 0.6) is 0 Å². The third kappa shape index (κ3) is 4.17. The average Bonchev–Trinajstić information content (AvgIpc) is 2.88. The van der Waals surface area contributed by atoms with Crippen LogP contribution in [-0.2, 0) is 17.8 Å². The first-order valence-electron chi connectivity index (χ1n) is 6.55. The molecular formula is C16H18N2OS. The van der Waals surface area contributed by atoms with Crippen LogP contribution in [0.25, 0.3) is 0 Å². The third-order valence-corrected chi connectivity index (χ3v) is 3.91. The molecule has 3 nitrogen and oxygen atoms in total. The maximum absolute atomic E-state index is 5.75. The van der Waals surface area contributed by atoms with Gasteiger partial charge in [-0.2, -0.15) is 0 Å². The number of thiazole rings is 1. The Morgan fingerprint density at radius 2 is 2.20 bits per heavy atom. The largest absolute Gasteiger partial charge is 0.376 e. The Labute approximate surface area is 123 Å². The zero-order valence-electron chi connectivity index (χ0n) is 11.6. The van der Waals surface area contributed by atoms with E-state index in [2.05, 4.69) is 16.8 Å². The number of aryl methyl sites for hydroxylation is 1. The Morgan fingerprint density at radius 1 is 1.35 bits per heavy atom. The highest BCUT2D eigenvalue weighted by Gasteiger charge is 2.02. The van der Waals surface area contributed by atoms with Gasteiger partial charge in [-0.1, -0.05) is 30.0 Å². The molecule has 0 aliphatic carbocycles. The molecule has 0 aliphatic rings. The minimum absolute atomic E-state index is 0.375. The standard InChI is InChI=1S/C16H18N2OS/c1-13-16(20-12-18-13)8-10-19-11-15-6-3-2-5-14(15)7-4-9-17/h2-3,5-6,12H,8-11,17H2,1H3. The average molecular weight is 286 g/mol. The maximum Gasteiger partial charge on any atom is 0.0797 e. The summed E-state index contributed by atoms with van der Waals surface area (Å²) in [5, 5.41) is 0. The molecule has 0 fully saturated rings. The van der Waals surface area contributed by atoms with E-state index in [0.717, 1.165) is 23.2 Å². The minimum Gasteiger partial charge on any atom is -0.376 e. The highest BCUT2D eigenvalue weighted by atomic mass is 32.1. The monoisotopic (exact) mass is 286 g/mol. The fourth-order valence-corrected chi connectivity index (χ4v) is 2.59. The van der Waals surface area contributed by atoms with Crippen LogP contribution in [0.2, 0.25) is 0 Å². The molecule has 0 saturated heterocycles. The van der Waals surface area contributed by atoms with Crippen LogP contribution in [-0.4, -0.2) is 18.1 Å². The fraction of sp³-hybridized carbons (Fsp3) is 0.312. The quantitative estimate of drug-likeness (QED) is 0.678. The number of nitrogens with two attached hydrogens (primary N) is 1. The first kappa shape index (κ1) is 14.7. The SMILES string of the molecule is Cc1ncsc1CCOCc1ccccc1C#CCN. The topological polar surface area (TPSA) is 48.1 Å². The summed E-state index contributed by atoms with van der Waals surface area (Å²) in [5.74, 6) is 5.95. The Kier molecular flexibility index (Phi) is 5.75. The van der Waals surface area contributed by atoms with Gasteiger partial charge in [0.1, 0.15) is 0 Å². The molecule has 1 aromatic carbocycles. The van der Waals surface area contributed by atoms with Crippen LogP contribution >= 0.6 is 11.3 Å². The molecule has 0 saturated carbocycles.